The molecule has 1 aliphatic rings. The van der Waals surface area contributed by atoms with Gasteiger partial charge < -0.3 is 4.90 Å². The van der Waals surface area contributed by atoms with Gasteiger partial charge in [0.1, 0.15) is 0 Å². The molecule has 0 aliphatic carbocycles. The first-order valence-corrected chi connectivity index (χ1v) is 10.8. The summed E-state index contributed by atoms with van der Waals surface area (Å²) in [5.74, 6) is 0.748. The molecule has 2 heterocycles. The Hall–Kier alpha value is -1.66. The van der Waals surface area contributed by atoms with Crippen molar-refractivity contribution in [3.63, 3.8) is 0 Å². The predicted molar refractivity (Wildman–Crippen MR) is 117 cm³/mol. The van der Waals surface area contributed by atoms with Crippen molar-refractivity contribution in [1.82, 2.24) is 14.3 Å². The molecule has 146 valence electrons. The van der Waals surface area contributed by atoms with Crippen molar-refractivity contribution >= 4 is 35.4 Å². The van der Waals surface area contributed by atoms with E-state index in [9.17, 15) is 0 Å². The van der Waals surface area contributed by atoms with E-state index in [-0.39, 0.29) is 0 Å². The van der Waals surface area contributed by atoms with Gasteiger partial charge >= 0.3 is 0 Å². The second kappa shape index (κ2) is 8.37. The Kier molecular flexibility index (Phi) is 5.88. The average Bonchev–Trinajstić information content (AvgIpc) is 2.99. The Morgan fingerprint density at radius 1 is 1.07 bits per heavy atom. The lowest BCUT2D eigenvalue weighted by Crippen LogP contribution is -3.12. The number of hydrogen-bond donors (Lipinski definition) is 1. The minimum absolute atomic E-state index is 0.569. The molecule has 0 amide bonds. The van der Waals surface area contributed by atoms with Crippen LogP contribution in [0.15, 0.2) is 42.5 Å². The van der Waals surface area contributed by atoms with Crippen LogP contribution in [0.5, 0.6) is 0 Å². The van der Waals surface area contributed by atoms with Gasteiger partial charge in [0.25, 0.3) is 0 Å². The molecule has 0 unspecified atom stereocenters. The predicted octanol–water partition coefficient (Wildman–Crippen LogP) is 4.71. The van der Waals surface area contributed by atoms with Gasteiger partial charge in [0, 0.05) is 10.6 Å². The third-order valence-corrected chi connectivity index (χ3v) is 6.24. The monoisotopic (exact) mass is 433 g/mol. The SMILES string of the molecule is Cc1ccccc1-n1c(-c2ccc(Cl)cc2Cl)nn(C[NH+]2CCCCC2)c1=S. The maximum Gasteiger partial charge on any atom is 0.207 e. The molecule has 28 heavy (non-hydrogen) atoms. The number of quaternary nitrogens is 1. The van der Waals surface area contributed by atoms with Crippen LogP contribution in [0.4, 0.5) is 0 Å². The summed E-state index contributed by atoms with van der Waals surface area (Å²) in [6, 6.07) is 13.7. The van der Waals surface area contributed by atoms with Crippen LogP contribution in [0.25, 0.3) is 17.1 Å². The Morgan fingerprint density at radius 2 is 1.82 bits per heavy atom. The number of piperidine rings is 1. The van der Waals surface area contributed by atoms with Crippen LogP contribution in [-0.4, -0.2) is 27.4 Å². The molecular weight excluding hydrogens is 411 g/mol. The van der Waals surface area contributed by atoms with Crippen LogP contribution in [0.1, 0.15) is 24.8 Å². The molecule has 4 nitrogen and oxygen atoms in total. The number of para-hydroxylation sites is 1. The summed E-state index contributed by atoms with van der Waals surface area (Å²) in [5.41, 5.74) is 2.98. The Morgan fingerprint density at radius 3 is 2.54 bits per heavy atom. The Bertz CT molecular complexity index is 1050. The fourth-order valence-corrected chi connectivity index (χ4v) is 4.59. The molecule has 2 aromatic carbocycles. The van der Waals surface area contributed by atoms with E-state index in [4.69, 9.17) is 40.5 Å². The largest absolute Gasteiger partial charge is 0.316 e. The van der Waals surface area contributed by atoms with Gasteiger partial charge in [-0.15, -0.1) is 5.10 Å². The smallest absolute Gasteiger partial charge is 0.207 e. The number of nitrogens with one attached hydrogen (secondary N) is 1. The number of rotatable bonds is 4. The summed E-state index contributed by atoms with van der Waals surface area (Å²) >= 11 is 18.5. The molecule has 1 saturated heterocycles. The highest BCUT2D eigenvalue weighted by atomic mass is 35.5. The van der Waals surface area contributed by atoms with Gasteiger partial charge in [0.15, 0.2) is 12.5 Å². The number of benzene rings is 2. The maximum absolute atomic E-state index is 6.53. The first kappa shape index (κ1) is 19.6. The third-order valence-electron chi connectivity index (χ3n) is 5.30. The number of likely N-dealkylation sites (tertiary alicyclic amines) is 1. The highest BCUT2D eigenvalue weighted by Crippen LogP contribution is 2.31. The van der Waals surface area contributed by atoms with Gasteiger partial charge in [0.2, 0.25) is 4.77 Å². The zero-order valence-corrected chi connectivity index (χ0v) is 18.1. The van der Waals surface area contributed by atoms with E-state index in [0.29, 0.717) is 14.8 Å². The summed E-state index contributed by atoms with van der Waals surface area (Å²) in [5, 5.41) is 6.08. The first-order chi connectivity index (χ1) is 13.5. The molecule has 3 aromatic rings. The molecule has 0 atom stereocenters. The molecule has 0 radical (unpaired) electrons. The normalized spacial score (nSPS) is 15.1. The topological polar surface area (TPSA) is 27.2 Å². The number of aryl methyl sites for hydroxylation is 1. The molecule has 1 N–H and O–H groups in total. The molecule has 0 spiro atoms. The summed E-state index contributed by atoms with van der Waals surface area (Å²) in [6.07, 6.45) is 3.84. The fraction of sp³-hybridized carbons (Fsp3) is 0.333. The lowest BCUT2D eigenvalue weighted by Gasteiger charge is -2.22. The second-order valence-electron chi connectivity index (χ2n) is 7.32. The van der Waals surface area contributed by atoms with E-state index in [1.807, 2.05) is 33.5 Å². The zero-order valence-electron chi connectivity index (χ0n) is 15.8. The van der Waals surface area contributed by atoms with E-state index in [1.165, 1.54) is 24.2 Å². The summed E-state index contributed by atoms with van der Waals surface area (Å²) in [6.45, 7) is 5.18. The van der Waals surface area contributed by atoms with Crippen molar-refractivity contribution in [2.24, 2.45) is 0 Å². The standard InChI is InChI=1S/C21H22Cl2N4S/c1-15-7-3-4-8-19(15)27-20(17-10-9-16(22)13-18(17)23)24-26(21(27)28)14-25-11-5-2-6-12-25/h3-4,7-10,13H,2,5-6,11-12,14H2,1H3/p+1. The van der Waals surface area contributed by atoms with Crippen molar-refractivity contribution in [2.75, 3.05) is 13.1 Å². The quantitative estimate of drug-likeness (QED) is 0.602. The molecule has 1 aliphatic heterocycles. The fourth-order valence-electron chi connectivity index (χ4n) is 3.81. The lowest BCUT2D eigenvalue weighted by molar-refractivity contribution is -0.928. The van der Waals surface area contributed by atoms with Gasteiger partial charge in [0.05, 0.1) is 23.8 Å². The van der Waals surface area contributed by atoms with E-state index in [0.717, 1.165) is 42.4 Å². The van der Waals surface area contributed by atoms with E-state index in [1.54, 1.807) is 6.07 Å². The van der Waals surface area contributed by atoms with Crippen LogP contribution in [0.3, 0.4) is 0 Å². The molecule has 4 rings (SSSR count). The van der Waals surface area contributed by atoms with Crippen LogP contribution < -0.4 is 4.90 Å². The van der Waals surface area contributed by atoms with E-state index in [2.05, 4.69) is 19.1 Å². The first-order valence-electron chi connectivity index (χ1n) is 9.59. The molecule has 7 heteroatoms. The lowest BCUT2D eigenvalue weighted by atomic mass is 10.1. The number of aromatic nitrogens is 3. The van der Waals surface area contributed by atoms with Gasteiger partial charge in [-0.25, -0.2) is 0 Å². The summed E-state index contributed by atoms with van der Waals surface area (Å²) in [7, 11) is 0. The van der Waals surface area contributed by atoms with Crippen molar-refractivity contribution in [1.29, 1.82) is 0 Å². The summed E-state index contributed by atoms with van der Waals surface area (Å²) in [4.78, 5) is 1.52. The molecule has 0 saturated carbocycles. The zero-order chi connectivity index (χ0) is 19.7. The van der Waals surface area contributed by atoms with Crippen molar-refractivity contribution < 1.29 is 4.90 Å². The number of hydrogen-bond acceptors (Lipinski definition) is 2. The molecule has 1 fully saturated rings. The molecule has 1 aromatic heterocycles. The van der Waals surface area contributed by atoms with Crippen molar-refractivity contribution in [3.8, 4) is 17.1 Å². The molecular formula is C21H23Cl2N4S+. The second-order valence-corrected chi connectivity index (χ2v) is 8.53. The summed E-state index contributed by atoms with van der Waals surface area (Å²) < 4.78 is 4.67. The van der Waals surface area contributed by atoms with Gasteiger partial charge in [-0.2, -0.15) is 4.68 Å². The minimum Gasteiger partial charge on any atom is -0.316 e. The van der Waals surface area contributed by atoms with Crippen molar-refractivity contribution in [3.05, 3.63) is 62.8 Å². The highest BCUT2D eigenvalue weighted by molar-refractivity contribution is 7.71. The van der Waals surface area contributed by atoms with Gasteiger partial charge in [-0.3, -0.25) is 4.57 Å². The van der Waals surface area contributed by atoms with Crippen LogP contribution in [0, 0.1) is 11.7 Å². The number of nitrogens with zero attached hydrogens (tertiary/aromatic N) is 3. The average molecular weight is 434 g/mol. The minimum atomic E-state index is 0.569. The maximum atomic E-state index is 6.53. The van der Waals surface area contributed by atoms with Gasteiger partial charge in [-0.1, -0.05) is 41.4 Å². The Balaban J connectivity index is 1.87. The Labute approximate surface area is 180 Å². The number of halogens is 2. The van der Waals surface area contributed by atoms with Gasteiger partial charge in [-0.05, 0) is 68.2 Å². The van der Waals surface area contributed by atoms with E-state index >= 15 is 0 Å². The highest BCUT2D eigenvalue weighted by Gasteiger charge is 2.21. The van der Waals surface area contributed by atoms with Crippen LogP contribution >= 0.6 is 35.4 Å². The van der Waals surface area contributed by atoms with Crippen molar-refractivity contribution in [2.45, 2.75) is 32.9 Å². The molecule has 0 bridgehead atoms. The van der Waals surface area contributed by atoms with E-state index < -0.39 is 0 Å². The third kappa shape index (κ3) is 3.90. The van der Waals surface area contributed by atoms with Crippen LogP contribution in [0.2, 0.25) is 10.0 Å². The van der Waals surface area contributed by atoms with Crippen LogP contribution in [-0.2, 0) is 6.67 Å².